The van der Waals surface area contributed by atoms with Gasteiger partial charge in [-0.05, 0) is 19.8 Å². The number of halogens is 2. The van der Waals surface area contributed by atoms with E-state index in [1.165, 1.54) is 6.20 Å². The van der Waals surface area contributed by atoms with Crippen molar-refractivity contribution >= 4 is 11.8 Å². The number of Topliss-reactive ketones (excluding diaryl/α,β-unsaturated/α-hetero) is 1. The molecule has 10 heteroatoms. The molecule has 0 bridgehead atoms. The third kappa shape index (κ3) is 2.89. The number of hydrogen-bond acceptors (Lipinski definition) is 7. The van der Waals surface area contributed by atoms with E-state index in [2.05, 4.69) is 0 Å². The van der Waals surface area contributed by atoms with Gasteiger partial charge in [-0.15, -0.1) is 0 Å². The first-order valence-electron chi connectivity index (χ1n) is 9.61. The second-order valence-electron chi connectivity index (χ2n) is 7.83. The highest BCUT2D eigenvalue weighted by Crippen LogP contribution is 2.46. The van der Waals surface area contributed by atoms with E-state index in [0.717, 1.165) is 0 Å². The fraction of sp³-hybridized carbons (Fsp3) is 0.778. The summed E-state index contributed by atoms with van der Waals surface area (Å²) in [5.74, 6) is -2.35. The minimum Gasteiger partial charge on any atom is -0.462 e. The van der Waals surface area contributed by atoms with Crippen molar-refractivity contribution in [3.63, 3.8) is 0 Å². The van der Waals surface area contributed by atoms with Crippen LogP contribution in [-0.4, -0.2) is 70.9 Å². The number of rotatable bonds is 3. The van der Waals surface area contributed by atoms with Crippen LogP contribution < -0.4 is 0 Å². The SMILES string of the molecule is CCOC(=O)C1=CN2C3CC([N+](=O)[O-])CCC3OC3C(F)C(F)CC(C1=O)C32. The fourth-order valence-corrected chi connectivity index (χ4v) is 5.07. The zero-order valence-electron chi connectivity index (χ0n) is 15.3. The van der Waals surface area contributed by atoms with Crippen LogP contribution in [0.2, 0.25) is 0 Å². The number of ketones is 1. The Morgan fingerprint density at radius 3 is 2.82 bits per heavy atom. The Hall–Kier alpha value is -2.10. The predicted molar refractivity (Wildman–Crippen MR) is 90.3 cm³/mol. The van der Waals surface area contributed by atoms with Crippen molar-refractivity contribution in [1.29, 1.82) is 0 Å². The van der Waals surface area contributed by atoms with Gasteiger partial charge in [0.25, 0.3) is 0 Å². The Morgan fingerprint density at radius 1 is 1.39 bits per heavy atom. The summed E-state index contributed by atoms with van der Waals surface area (Å²) in [5.41, 5.74) is -0.213. The number of morpholine rings is 1. The van der Waals surface area contributed by atoms with Gasteiger partial charge in [0.2, 0.25) is 6.04 Å². The monoisotopic (exact) mass is 400 g/mol. The highest BCUT2D eigenvalue weighted by Gasteiger charge is 2.60. The van der Waals surface area contributed by atoms with Crippen molar-refractivity contribution in [2.24, 2.45) is 5.92 Å². The molecule has 2 saturated carbocycles. The van der Waals surface area contributed by atoms with Crippen molar-refractivity contribution in [1.82, 2.24) is 4.90 Å². The number of carbonyl (C=O) groups excluding carboxylic acids is 2. The maximum absolute atomic E-state index is 14.6. The van der Waals surface area contributed by atoms with Crippen LogP contribution in [0.25, 0.3) is 0 Å². The molecule has 4 rings (SSSR count). The van der Waals surface area contributed by atoms with Crippen LogP contribution in [0.4, 0.5) is 8.78 Å². The molecule has 0 aromatic carbocycles. The largest absolute Gasteiger partial charge is 0.462 e. The first-order valence-corrected chi connectivity index (χ1v) is 9.61. The Labute approximate surface area is 160 Å². The summed E-state index contributed by atoms with van der Waals surface area (Å²) in [6.07, 6.45) is -3.66. The average Bonchev–Trinajstić information content (AvgIpc) is 2.67. The van der Waals surface area contributed by atoms with Gasteiger partial charge in [0.05, 0.1) is 24.8 Å². The maximum Gasteiger partial charge on any atom is 0.343 e. The zero-order chi connectivity index (χ0) is 20.2. The third-order valence-corrected chi connectivity index (χ3v) is 6.35. The Balaban J connectivity index is 1.74. The van der Waals surface area contributed by atoms with Crippen LogP contribution in [0.1, 0.15) is 32.6 Å². The van der Waals surface area contributed by atoms with Crippen LogP contribution in [-0.2, 0) is 19.1 Å². The van der Waals surface area contributed by atoms with Gasteiger partial charge >= 0.3 is 5.97 Å². The molecule has 8 nitrogen and oxygen atoms in total. The third-order valence-electron chi connectivity index (χ3n) is 6.35. The molecule has 2 aliphatic heterocycles. The lowest BCUT2D eigenvalue weighted by Crippen LogP contribution is -2.70. The van der Waals surface area contributed by atoms with Gasteiger partial charge in [-0.2, -0.15) is 0 Å². The lowest BCUT2D eigenvalue weighted by Gasteiger charge is -2.57. The second-order valence-corrected chi connectivity index (χ2v) is 7.83. The van der Waals surface area contributed by atoms with Crippen LogP contribution in [0, 0.1) is 16.0 Å². The predicted octanol–water partition coefficient (Wildman–Crippen LogP) is 1.35. The standard InChI is InChI=1S/C18H22F2N2O6/c1-2-27-18(24)10-7-21-12-5-8(22(25)26)3-4-13(12)28-17-14(20)11(19)6-9(15(17)21)16(10)23/h7-9,11-15,17H,2-6H2,1H3. The fourth-order valence-electron chi connectivity index (χ4n) is 5.07. The molecule has 0 spiro atoms. The molecule has 1 saturated heterocycles. The molecular formula is C18H22F2N2O6. The molecule has 0 aromatic heterocycles. The summed E-state index contributed by atoms with van der Waals surface area (Å²) in [4.78, 5) is 37.7. The van der Waals surface area contributed by atoms with Gasteiger partial charge < -0.3 is 14.4 Å². The number of ether oxygens (including phenoxy) is 2. The molecule has 2 aliphatic carbocycles. The quantitative estimate of drug-likeness (QED) is 0.305. The van der Waals surface area contributed by atoms with E-state index in [1.807, 2.05) is 0 Å². The minimum atomic E-state index is -1.89. The van der Waals surface area contributed by atoms with E-state index in [9.17, 15) is 28.5 Å². The van der Waals surface area contributed by atoms with E-state index in [1.54, 1.807) is 11.8 Å². The molecule has 28 heavy (non-hydrogen) atoms. The summed E-state index contributed by atoms with van der Waals surface area (Å²) in [5, 5.41) is 11.3. The lowest BCUT2D eigenvalue weighted by atomic mass is 9.70. The summed E-state index contributed by atoms with van der Waals surface area (Å²) in [7, 11) is 0. The summed E-state index contributed by atoms with van der Waals surface area (Å²) in [6.45, 7) is 1.67. The second kappa shape index (κ2) is 7.06. The van der Waals surface area contributed by atoms with Crippen molar-refractivity contribution in [2.75, 3.05) is 6.61 Å². The van der Waals surface area contributed by atoms with Gasteiger partial charge in [0.15, 0.2) is 12.0 Å². The first kappa shape index (κ1) is 19.2. The van der Waals surface area contributed by atoms with E-state index >= 15 is 0 Å². The van der Waals surface area contributed by atoms with Crippen molar-refractivity contribution in [2.45, 2.75) is 75.3 Å². The lowest BCUT2D eigenvalue weighted by molar-refractivity contribution is -0.529. The molecule has 0 N–H and O–H groups in total. The number of fused-ring (bicyclic) bond motifs is 2. The Kier molecular flexibility index (Phi) is 4.84. The first-order chi connectivity index (χ1) is 13.3. The molecule has 154 valence electrons. The summed E-state index contributed by atoms with van der Waals surface area (Å²) < 4.78 is 39.8. The molecule has 8 atom stereocenters. The van der Waals surface area contributed by atoms with Crippen molar-refractivity contribution in [3.8, 4) is 0 Å². The number of hydrogen-bond donors (Lipinski definition) is 0. The highest BCUT2D eigenvalue weighted by molar-refractivity contribution is 6.18. The molecule has 8 unspecified atom stereocenters. The minimum absolute atomic E-state index is 0.0665. The molecular weight excluding hydrogens is 378 g/mol. The Morgan fingerprint density at radius 2 is 2.14 bits per heavy atom. The van der Waals surface area contributed by atoms with Crippen molar-refractivity contribution in [3.05, 3.63) is 21.9 Å². The zero-order valence-corrected chi connectivity index (χ0v) is 15.3. The summed E-state index contributed by atoms with van der Waals surface area (Å²) in [6, 6.07) is -2.04. The van der Waals surface area contributed by atoms with Gasteiger partial charge in [-0.3, -0.25) is 14.9 Å². The topological polar surface area (TPSA) is 99.0 Å². The maximum atomic E-state index is 14.6. The number of carbonyl (C=O) groups is 2. The number of nitrogens with zero attached hydrogens (tertiary/aromatic N) is 2. The van der Waals surface area contributed by atoms with E-state index in [4.69, 9.17) is 9.47 Å². The van der Waals surface area contributed by atoms with Gasteiger partial charge in [-0.25, -0.2) is 13.6 Å². The van der Waals surface area contributed by atoms with Crippen molar-refractivity contribution < 1.29 is 32.8 Å². The molecule has 0 aromatic rings. The summed E-state index contributed by atoms with van der Waals surface area (Å²) >= 11 is 0. The molecule has 0 radical (unpaired) electrons. The molecule has 4 aliphatic rings. The van der Waals surface area contributed by atoms with Crippen LogP contribution >= 0.6 is 0 Å². The van der Waals surface area contributed by atoms with Gasteiger partial charge in [0, 0.05) is 29.9 Å². The van der Waals surface area contributed by atoms with E-state index in [0.29, 0.717) is 6.42 Å². The Bertz CT molecular complexity index is 731. The number of nitro groups is 1. The highest BCUT2D eigenvalue weighted by atomic mass is 19.2. The van der Waals surface area contributed by atoms with Crippen LogP contribution in [0.5, 0.6) is 0 Å². The van der Waals surface area contributed by atoms with E-state index < -0.39 is 60.3 Å². The van der Waals surface area contributed by atoms with Crippen LogP contribution in [0.3, 0.4) is 0 Å². The van der Waals surface area contributed by atoms with Crippen LogP contribution in [0.15, 0.2) is 11.8 Å². The molecule has 2 heterocycles. The van der Waals surface area contributed by atoms with E-state index in [-0.39, 0.29) is 36.4 Å². The smallest absolute Gasteiger partial charge is 0.343 e. The number of esters is 1. The normalized spacial score (nSPS) is 42.2. The van der Waals surface area contributed by atoms with Gasteiger partial charge in [-0.1, -0.05) is 0 Å². The van der Waals surface area contributed by atoms with Gasteiger partial charge in [0.1, 0.15) is 17.8 Å². The molecule has 0 amide bonds. The average molecular weight is 400 g/mol. The molecule has 3 fully saturated rings. The number of alkyl halides is 2.